The van der Waals surface area contributed by atoms with Crippen LogP contribution in [0.1, 0.15) is 25.8 Å². The highest BCUT2D eigenvalue weighted by molar-refractivity contribution is 5.89. The molecular formula is C27H38N8O3. The molecule has 3 aliphatic rings. The molecular weight excluding hydrogens is 484 g/mol. The Morgan fingerprint density at radius 2 is 1.74 bits per heavy atom. The van der Waals surface area contributed by atoms with Gasteiger partial charge in [0.25, 0.3) is 0 Å². The average Bonchev–Trinajstić information content (AvgIpc) is 3.23. The van der Waals surface area contributed by atoms with Crippen LogP contribution in [0.4, 0.5) is 10.6 Å². The van der Waals surface area contributed by atoms with E-state index in [4.69, 9.17) is 11.5 Å². The Morgan fingerprint density at radius 1 is 1.05 bits per heavy atom. The lowest BCUT2D eigenvalue weighted by Gasteiger charge is -2.37. The number of anilines is 1. The van der Waals surface area contributed by atoms with Crippen molar-refractivity contribution >= 4 is 17.8 Å². The number of piperazine rings is 1. The molecule has 1 aromatic heterocycles. The van der Waals surface area contributed by atoms with Crippen molar-refractivity contribution in [2.75, 3.05) is 51.1 Å². The van der Waals surface area contributed by atoms with Gasteiger partial charge in [-0.25, -0.2) is 9.59 Å². The van der Waals surface area contributed by atoms with Crippen LogP contribution in [0.25, 0.3) is 5.69 Å². The van der Waals surface area contributed by atoms with Crippen LogP contribution in [-0.4, -0.2) is 93.6 Å². The Balaban J connectivity index is 1.12. The second-order valence-corrected chi connectivity index (χ2v) is 11.4. The van der Waals surface area contributed by atoms with E-state index < -0.39 is 11.2 Å². The smallest absolute Gasteiger partial charge is 0.338 e. The third kappa shape index (κ3) is 5.59. The van der Waals surface area contributed by atoms with Crippen LogP contribution in [0, 0.1) is 11.8 Å². The topological polar surface area (TPSA) is 143 Å². The number of hydrogen-bond donors (Lipinski definition) is 3. The second kappa shape index (κ2) is 10.5. The van der Waals surface area contributed by atoms with Gasteiger partial charge in [0, 0.05) is 58.1 Å². The normalized spacial score (nSPS) is 23.6. The summed E-state index contributed by atoms with van der Waals surface area (Å²) in [6, 6.07) is 9.57. The lowest BCUT2D eigenvalue weighted by atomic mass is 9.72. The molecule has 2 aliphatic heterocycles. The van der Waals surface area contributed by atoms with Gasteiger partial charge in [0.15, 0.2) is 0 Å². The van der Waals surface area contributed by atoms with Crippen LogP contribution in [-0.2, 0) is 11.2 Å². The predicted octanol–water partition coefficient (Wildman–Crippen LogP) is 0.467. The van der Waals surface area contributed by atoms with Gasteiger partial charge in [-0.15, -0.1) is 0 Å². The first-order valence-electron chi connectivity index (χ1n) is 13.4. The van der Waals surface area contributed by atoms with Crippen LogP contribution in [0.3, 0.4) is 0 Å². The van der Waals surface area contributed by atoms with Gasteiger partial charge in [-0.05, 0) is 62.3 Å². The molecule has 2 saturated heterocycles. The van der Waals surface area contributed by atoms with E-state index in [0.29, 0.717) is 38.1 Å². The SMILES string of the molecule is CC(C)(N)C(=O)N1CCN(C(=O)Nc2ccn(-c3ccc(CCN4CC5CC(N)C5C4)cc3)c(=O)n2)CC1. The quantitative estimate of drug-likeness (QED) is 0.500. The van der Waals surface area contributed by atoms with E-state index >= 15 is 0 Å². The molecule has 3 fully saturated rings. The van der Waals surface area contributed by atoms with Crippen molar-refractivity contribution in [3.63, 3.8) is 0 Å². The zero-order chi connectivity index (χ0) is 27.0. The Morgan fingerprint density at radius 3 is 2.34 bits per heavy atom. The Kier molecular flexibility index (Phi) is 7.26. The third-order valence-electron chi connectivity index (χ3n) is 8.07. The fraction of sp³-hybridized carbons (Fsp3) is 0.556. The standard InChI is InChI=1S/C27H38N8O3/c1-27(2,29)24(36)33-11-13-34(14-12-33)25(37)30-23-8-10-35(26(38)31-23)20-5-3-18(4-6-20)7-9-32-16-19-15-22(28)21(19)17-32/h3-6,8,10,19,21-22H,7,9,11-17,28-29H2,1-2H3,(H,30,31,37,38). The van der Waals surface area contributed by atoms with Crippen molar-refractivity contribution in [3.05, 3.63) is 52.6 Å². The van der Waals surface area contributed by atoms with Crippen molar-refractivity contribution in [1.82, 2.24) is 24.3 Å². The van der Waals surface area contributed by atoms with Crippen LogP contribution >= 0.6 is 0 Å². The molecule has 0 bridgehead atoms. The number of likely N-dealkylation sites (tertiary alicyclic amines) is 1. The highest BCUT2D eigenvalue weighted by Crippen LogP contribution is 2.39. The molecule has 11 nitrogen and oxygen atoms in total. The molecule has 0 spiro atoms. The number of nitrogens with two attached hydrogens (primary N) is 2. The van der Waals surface area contributed by atoms with Crippen LogP contribution in [0.15, 0.2) is 41.3 Å². The summed E-state index contributed by atoms with van der Waals surface area (Å²) in [6.45, 7) is 8.20. The predicted molar refractivity (Wildman–Crippen MR) is 145 cm³/mol. The highest BCUT2D eigenvalue weighted by atomic mass is 16.2. The molecule has 3 atom stereocenters. The first-order chi connectivity index (χ1) is 18.1. The molecule has 1 aromatic carbocycles. The van der Waals surface area contributed by atoms with E-state index in [0.717, 1.165) is 44.1 Å². The summed E-state index contributed by atoms with van der Waals surface area (Å²) in [5.74, 6) is 1.51. The zero-order valence-electron chi connectivity index (χ0n) is 22.2. The lowest BCUT2D eigenvalue weighted by molar-refractivity contribution is -0.137. The van der Waals surface area contributed by atoms with Crippen molar-refractivity contribution in [3.8, 4) is 5.69 Å². The number of nitrogens with one attached hydrogen (secondary N) is 1. The molecule has 1 saturated carbocycles. The minimum Gasteiger partial charge on any atom is -0.338 e. The molecule has 204 valence electrons. The van der Waals surface area contributed by atoms with Gasteiger partial charge in [0.1, 0.15) is 5.82 Å². The molecule has 5 rings (SSSR count). The van der Waals surface area contributed by atoms with Gasteiger partial charge >= 0.3 is 11.7 Å². The van der Waals surface area contributed by atoms with Crippen LogP contribution < -0.4 is 22.5 Å². The number of amides is 3. The van der Waals surface area contributed by atoms with E-state index in [1.165, 1.54) is 10.1 Å². The van der Waals surface area contributed by atoms with E-state index in [2.05, 4.69) is 15.2 Å². The van der Waals surface area contributed by atoms with Gasteiger partial charge in [-0.1, -0.05) is 12.1 Å². The number of rotatable bonds is 6. The monoisotopic (exact) mass is 522 g/mol. The number of urea groups is 1. The molecule has 0 radical (unpaired) electrons. The van der Waals surface area contributed by atoms with Gasteiger partial charge in [0.05, 0.1) is 11.2 Å². The maximum Gasteiger partial charge on any atom is 0.354 e. The minimum atomic E-state index is -0.943. The van der Waals surface area contributed by atoms with E-state index in [1.807, 2.05) is 24.3 Å². The van der Waals surface area contributed by atoms with E-state index in [1.54, 1.807) is 35.9 Å². The summed E-state index contributed by atoms with van der Waals surface area (Å²) in [6.07, 6.45) is 3.73. The summed E-state index contributed by atoms with van der Waals surface area (Å²) in [4.78, 5) is 47.6. The van der Waals surface area contributed by atoms with E-state index in [-0.39, 0.29) is 17.8 Å². The third-order valence-corrected chi connectivity index (χ3v) is 8.07. The average molecular weight is 523 g/mol. The molecule has 11 heteroatoms. The highest BCUT2D eigenvalue weighted by Gasteiger charge is 2.44. The van der Waals surface area contributed by atoms with Crippen LogP contribution in [0.2, 0.25) is 0 Å². The summed E-state index contributed by atoms with van der Waals surface area (Å²) in [5.41, 5.74) is 12.5. The number of hydrogen-bond acceptors (Lipinski definition) is 7. The molecule has 5 N–H and O–H groups in total. The van der Waals surface area contributed by atoms with Gasteiger partial charge in [-0.2, -0.15) is 4.98 Å². The van der Waals surface area contributed by atoms with Crippen molar-refractivity contribution in [2.24, 2.45) is 23.3 Å². The fourth-order valence-electron chi connectivity index (χ4n) is 5.72. The number of carbonyl (C=O) groups is 2. The van der Waals surface area contributed by atoms with E-state index in [9.17, 15) is 14.4 Å². The van der Waals surface area contributed by atoms with Crippen molar-refractivity contribution in [2.45, 2.75) is 38.3 Å². The van der Waals surface area contributed by atoms with Crippen molar-refractivity contribution < 1.29 is 9.59 Å². The maximum atomic E-state index is 12.7. The van der Waals surface area contributed by atoms with Crippen molar-refractivity contribution in [1.29, 1.82) is 0 Å². The number of nitrogens with zero attached hydrogens (tertiary/aromatic N) is 5. The zero-order valence-corrected chi connectivity index (χ0v) is 22.2. The maximum absolute atomic E-state index is 12.7. The van der Waals surface area contributed by atoms with Crippen LogP contribution in [0.5, 0.6) is 0 Å². The Hall–Kier alpha value is -3.28. The summed E-state index contributed by atoms with van der Waals surface area (Å²) < 4.78 is 1.46. The van der Waals surface area contributed by atoms with Gasteiger partial charge < -0.3 is 26.2 Å². The number of fused-ring (bicyclic) bond motifs is 1. The molecule has 2 aromatic rings. The first kappa shape index (κ1) is 26.3. The molecule has 1 aliphatic carbocycles. The Bertz CT molecular complexity index is 1230. The summed E-state index contributed by atoms with van der Waals surface area (Å²) in [7, 11) is 0. The Labute approximate surface area is 222 Å². The summed E-state index contributed by atoms with van der Waals surface area (Å²) >= 11 is 0. The fourth-order valence-corrected chi connectivity index (χ4v) is 5.72. The first-order valence-corrected chi connectivity index (χ1v) is 13.4. The minimum absolute atomic E-state index is 0.139. The second-order valence-electron chi connectivity index (χ2n) is 11.4. The summed E-state index contributed by atoms with van der Waals surface area (Å²) in [5, 5.41) is 2.69. The molecule has 3 amide bonds. The number of benzene rings is 1. The number of carbonyl (C=O) groups excluding carboxylic acids is 2. The molecule has 38 heavy (non-hydrogen) atoms. The van der Waals surface area contributed by atoms with Gasteiger partial charge in [-0.3, -0.25) is 14.7 Å². The lowest BCUT2D eigenvalue weighted by Crippen LogP contribution is -2.58. The van der Waals surface area contributed by atoms with Gasteiger partial charge in [0.2, 0.25) is 5.91 Å². The largest absolute Gasteiger partial charge is 0.354 e. The molecule has 3 heterocycles. The number of aromatic nitrogens is 2. The molecule has 3 unspecified atom stereocenters.